The summed E-state index contributed by atoms with van der Waals surface area (Å²) in [5, 5.41) is 0. The monoisotopic (exact) mass is 296 g/mol. The molecule has 0 radical (unpaired) electrons. The van der Waals surface area contributed by atoms with E-state index in [-0.39, 0.29) is 11.5 Å². The molecule has 3 N–H and O–H groups in total. The number of aromatic nitrogens is 2. The molecule has 0 unspecified atom stereocenters. The second-order valence-electron chi connectivity index (χ2n) is 5.34. The Morgan fingerprint density at radius 2 is 2.00 bits per heavy atom. The van der Waals surface area contributed by atoms with Gasteiger partial charge in [0, 0.05) is 11.8 Å². The van der Waals surface area contributed by atoms with E-state index in [0.29, 0.717) is 5.82 Å². The number of aliphatic imine (C=N–C) groups is 1. The molecule has 22 heavy (non-hydrogen) atoms. The van der Waals surface area contributed by atoms with Crippen molar-refractivity contribution in [3.63, 3.8) is 0 Å². The Labute approximate surface area is 129 Å². The summed E-state index contributed by atoms with van der Waals surface area (Å²) < 4.78 is 0. The summed E-state index contributed by atoms with van der Waals surface area (Å²) >= 11 is 0. The molecule has 0 amide bonds. The van der Waals surface area contributed by atoms with Crippen LogP contribution in [0.25, 0.3) is 0 Å². The third kappa shape index (κ3) is 4.41. The average Bonchev–Trinajstić information content (AvgIpc) is 2.44. The van der Waals surface area contributed by atoms with Gasteiger partial charge in [0.1, 0.15) is 0 Å². The van der Waals surface area contributed by atoms with Gasteiger partial charge in [0.05, 0.1) is 0 Å². The highest BCUT2D eigenvalue weighted by molar-refractivity contribution is 6.00. The van der Waals surface area contributed by atoms with Gasteiger partial charge in [-0.3, -0.25) is 9.78 Å². The van der Waals surface area contributed by atoms with E-state index >= 15 is 0 Å². The number of allylic oxidation sites excluding steroid dienone is 1. The third-order valence-electron chi connectivity index (χ3n) is 3.24. The van der Waals surface area contributed by atoms with Gasteiger partial charge in [-0.15, -0.1) is 6.58 Å². The van der Waals surface area contributed by atoms with Crippen molar-refractivity contribution in [2.45, 2.75) is 26.7 Å². The van der Waals surface area contributed by atoms with E-state index in [0.717, 1.165) is 24.1 Å². The third-order valence-corrected chi connectivity index (χ3v) is 3.24. The molecule has 1 aromatic heterocycles. The summed E-state index contributed by atoms with van der Waals surface area (Å²) in [5.41, 5.74) is 9.41. The van der Waals surface area contributed by atoms with Gasteiger partial charge < -0.3 is 5.73 Å². The lowest BCUT2D eigenvalue weighted by Gasteiger charge is -2.04. The predicted molar refractivity (Wildman–Crippen MR) is 90.7 cm³/mol. The van der Waals surface area contributed by atoms with Crippen molar-refractivity contribution in [2.75, 3.05) is 5.73 Å². The molecule has 0 aliphatic heterocycles. The van der Waals surface area contributed by atoms with Crippen molar-refractivity contribution < 1.29 is 0 Å². The number of nitrogen functional groups attached to an aromatic ring is 1. The summed E-state index contributed by atoms with van der Waals surface area (Å²) in [6.07, 6.45) is 1.97. The van der Waals surface area contributed by atoms with Crippen LogP contribution in [0.15, 0.2) is 52.3 Å². The van der Waals surface area contributed by atoms with E-state index in [2.05, 4.69) is 33.7 Å². The highest BCUT2D eigenvalue weighted by Crippen LogP contribution is 2.13. The average molecular weight is 296 g/mol. The molecule has 0 saturated heterocycles. The van der Waals surface area contributed by atoms with Gasteiger partial charge in [-0.05, 0) is 37.8 Å². The predicted octanol–water partition coefficient (Wildman–Crippen LogP) is 3.00. The highest BCUT2D eigenvalue weighted by Gasteiger charge is 2.02. The molecule has 0 aliphatic rings. The lowest BCUT2D eigenvalue weighted by molar-refractivity contribution is 0.946. The molecule has 2 aromatic rings. The molecule has 1 heterocycles. The molecule has 0 saturated carbocycles. The first-order valence-electron chi connectivity index (χ1n) is 7.10. The quantitative estimate of drug-likeness (QED) is 0.657. The summed E-state index contributed by atoms with van der Waals surface area (Å²) in [6.45, 7) is 7.82. The van der Waals surface area contributed by atoms with E-state index in [4.69, 9.17) is 5.73 Å². The maximum absolute atomic E-state index is 11.3. The van der Waals surface area contributed by atoms with Crippen molar-refractivity contribution in [2.24, 2.45) is 4.99 Å². The number of aryl methyl sites for hydroxylation is 1. The fraction of sp³-hybridized carbons (Fsp3) is 0.235. The Kier molecular flexibility index (Phi) is 4.88. The number of H-pyrrole nitrogens is 1. The van der Waals surface area contributed by atoms with Crippen LogP contribution in [0, 0.1) is 0 Å². The lowest BCUT2D eigenvalue weighted by Crippen LogP contribution is -2.09. The summed E-state index contributed by atoms with van der Waals surface area (Å²) in [4.78, 5) is 22.1. The molecular formula is C17H20N4O. The minimum Gasteiger partial charge on any atom is -0.369 e. The smallest absolute Gasteiger partial charge is 0.254 e. The minimum atomic E-state index is -0.311. The molecule has 0 atom stereocenters. The maximum atomic E-state index is 11.3. The van der Waals surface area contributed by atoms with Gasteiger partial charge in [0.25, 0.3) is 5.56 Å². The van der Waals surface area contributed by atoms with Crippen molar-refractivity contribution in [3.05, 3.63) is 64.0 Å². The standard InChI is InChI=1S/C17H20N4O/c1-11(2)4-5-13-6-8-14(9-7-13)12(3)19-15-10-16(22)21-17(18)20-15/h6-10H,1,4-5H2,2-3H3,(H3,18,20,21,22). The first-order valence-corrected chi connectivity index (χ1v) is 7.10. The fourth-order valence-corrected chi connectivity index (χ4v) is 2.03. The van der Waals surface area contributed by atoms with E-state index < -0.39 is 0 Å². The zero-order valence-electron chi connectivity index (χ0n) is 12.9. The molecular weight excluding hydrogens is 276 g/mol. The highest BCUT2D eigenvalue weighted by atomic mass is 16.1. The molecule has 114 valence electrons. The molecule has 0 aliphatic carbocycles. The van der Waals surface area contributed by atoms with Crippen molar-refractivity contribution >= 4 is 17.5 Å². The van der Waals surface area contributed by atoms with E-state index in [1.54, 1.807) is 0 Å². The van der Waals surface area contributed by atoms with E-state index in [1.807, 2.05) is 26.0 Å². The Morgan fingerprint density at radius 3 is 2.59 bits per heavy atom. The first kappa shape index (κ1) is 15.7. The number of hydrogen-bond acceptors (Lipinski definition) is 4. The molecule has 0 spiro atoms. The van der Waals surface area contributed by atoms with Gasteiger partial charge in [-0.2, -0.15) is 4.98 Å². The number of nitrogens with one attached hydrogen (secondary N) is 1. The number of nitrogens with two attached hydrogens (primary N) is 1. The van der Waals surface area contributed by atoms with Gasteiger partial charge in [0.15, 0.2) is 5.82 Å². The number of nitrogens with zero attached hydrogens (tertiary/aromatic N) is 2. The van der Waals surface area contributed by atoms with Crippen LogP contribution in [0.2, 0.25) is 0 Å². The van der Waals surface area contributed by atoms with Crippen LogP contribution in [-0.2, 0) is 6.42 Å². The molecule has 5 nitrogen and oxygen atoms in total. The van der Waals surface area contributed by atoms with Crippen LogP contribution in [0.3, 0.4) is 0 Å². The molecule has 0 bridgehead atoms. The van der Waals surface area contributed by atoms with Crippen LogP contribution >= 0.6 is 0 Å². The van der Waals surface area contributed by atoms with Crippen LogP contribution in [0.5, 0.6) is 0 Å². The molecule has 0 fully saturated rings. The van der Waals surface area contributed by atoms with E-state index in [1.165, 1.54) is 17.2 Å². The molecule has 1 aromatic carbocycles. The fourth-order valence-electron chi connectivity index (χ4n) is 2.03. The van der Waals surface area contributed by atoms with Crippen LogP contribution in [0.4, 0.5) is 11.8 Å². The summed E-state index contributed by atoms with van der Waals surface area (Å²) in [6, 6.07) is 9.51. The lowest BCUT2D eigenvalue weighted by atomic mass is 10.0. The second kappa shape index (κ2) is 6.85. The van der Waals surface area contributed by atoms with Gasteiger partial charge in [0.2, 0.25) is 5.95 Å². The summed E-state index contributed by atoms with van der Waals surface area (Å²) in [7, 11) is 0. The Balaban J connectivity index is 2.18. The number of benzene rings is 1. The SMILES string of the molecule is C=C(C)CCc1ccc(C(C)=Nc2cc(=O)[nH]c(N)n2)cc1. The largest absolute Gasteiger partial charge is 0.369 e. The van der Waals surface area contributed by atoms with E-state index in [9.17, 15) is 4.79 Å². The first-order chi connectivity index (χ1) is 10.4. The summed E-state index contributed by atoms with van der Waals surface area (Å²) in [5.74, 6) is 0.374. The van der Waals surface area contributed by atoms with Crippen LogP contribution < -0.4 is 11.3 Å². The van der Waals surface area contributed by atoms with Gasteiger partial charge in [-0.25, -0.2) is 4.99 Å². The van der Waals surface area contributed by atoms with Crippen LogP contribution in [0.1, 0.15) is 31.4 Å². The van der Waals surface area contributed by atoms with Gasteiger partial charge >= 0.3 is 0 Å². The van der Waals surface area contributed by atoms with Crippen molar-refractivity contribution in [3.8, 4) is 0 Å². The Morgan fingerprint density at radius 1 is 1.32 bits per heavy atom. The normalized spacial score (nSPS) is 11.5. The zero-order chi connectivity index (χ0) is 16.1. The topological polar surface area (TPSA) is 84.1 Å². The molecule has 2 rings (SSSR count). The second-order valence-corrected chi connectivity index (χ2v) is 5.34. The Bertz CT molecular complexity index is 757. The van der Waals surface area contributed by atoms with Crippen LogP contribution in [-0.4, -0.2) is 15.7 Å². The minimum absolute atomic E-state index is 0.0641. The Hall–Kier alpha value is -2.69. The number of rotatable bonds is 5. The van der Waals surface area contributed by atoms with Gasteiger partial charge in [-0.1, -0.05) is 29.8 Å². The van der Waals surface area contributed by atoms with Crippen molar-refractivity contribution in [1.29, 1.82) is 0 Å². The zero-order valence-corrected chi connectivity index (χ0v) is 12.9. The number of hydrogen-bond donors (Lipinski definition) is 2. The number of aromatic amines is 1. The van der Waals surface area contributed by atoms with Crippen molar-refractivity contribution in [1.82, 2.24) is 9.97 Å². The number of anilines is 1. The maximum Gasteiger partial charge on any atom is 0.254 e. The molecule has 5 heteroatoms.